The maximum absolute atomic E-state index is 11.8. The van der Waals surface area contributed by atoms with Gasteiger partial charge in [-0.2, -0.15) is 8.42 Å². The molecule has 0 aromatic rings. The molecule has 0 unspecified atom stereocenters. The maximum atomic E-state index is 11.8. The maximum Gasteiger partial charge on any atom is 0.488 e. The summed E-state index contributed by atoms with van der Waals surface area (Å²) in [4.78, 5) is 0. The lowest BCUT2D eigenvalue weighted by atomic mass is 9.96. The standard InChI is InChI=1S/C7H11FO3S/c8-12(9,10)11-6-7-4-2-1-3-5-7/h6H,1-5H2. The third-order valence-corrected chi connectivity index (χ3v) is 2.15. The summed E-state index contributed by atoms with van der Waals surface area (Å²) in [5, 5.41) is 0. The van der Waals surface area contributed by atoms with Crippen molar-refractivity contribution >= 4 is 10.5 Å². The van der Waals surface area contributed by atoms with Gasteiger partial charge in [-0.3, -0.25) is 0 Å². The van der Waals surface area contributed by atoms with E-state index >= 15 is 0 Å². The van der Waals surface area contributed by atoms with Gasteiger partial charge in [0.15, 0.2) is 0 Å². The third kappa shape index (κ3) is 3.71. The average Bonchev–Trinajstić information content (AvgIpc) is 2.02. The molecule has 0 heterocycles. The van der Waals surface area contributed by atoms with Gasteiger partial charge in [0.05, 0.1) is 0 Å². The van der Waals surface area contributed by atoms with Crippen LogP contribution in [0.25, 0.3) is 0 Å². The summed E-state index contributed by atoms with van der Waals surface area (Å²) in [5.41, 5.74) is 0.877. The predicted octanol–water partition coefficient (Wildman–Crippen LogP) is 2.07. The summed E-state index contributed by atoms with van der Waals surface area (Å²) >= 11 is 0. The summed E-state index contributed by atoms with van der Waals surface area (Å²) < 4.78 is 35.6. The van der Waals surface area contributed by atoms with E-state index in [1.165, 1.54) is 0 Å². The first-order valence-corrected chi connectivity index (χ1v) is 5.19. The van der Waals surface area contributed by atoms with Gasteiger partial charge >= 0.3 is 10.5 Å². The van der Waals surface area contributed by atoms with Crippen molar-refractivity contribution in [3.63, 3.8) is 0 Å². The first kappa shape index (κ1) is 9.51. The average molecular weight is 194 g/mol. The zero-order valence-electron chi connectivity index (χ0n) is 6.62. The van der Waals surface area contributed by atoms with Gasteiger partial charge in [-0.25, -0.2) is 0 Å². The van der Waals surface area contributed by atoms with E-state index in [0.29, 0.717) is 0 Å². The topological polar surface area (TPSA) is 43.4 Å². The Kier molecular flexibility index (Phi) is 3.08. The molecular formula is C7H11FO3S. The van der Waals surface area contributed by atoms with E-state index in [1.54, 1.807) is 0 Å². The fraction of sp³-hybridized carbons (Fsp3) is 0.714. The monoisotopic (exact) mass is 194 g/mol. The Balaban J connectivity index is 2.45. The molecule has 70 valence electrons. The first-order valence-electron chi connectivity index (χ1n) is 3.89. The van der Waals surface area contributed by atoms with E-state index in [-0.39, 0.29) is 0 Å². The zero-order valence-corrected chi connectivity index (χ0v) is 7.44. The second-order valence-electron chi connectivity index (χ2n) is 2.83. The lowest BCUT2D eigenvalue weighted by Gasteiger charge is -2.11. The van der Waals surface area contributed by atoms with Crippen molar-refractivity contribution in [1.29, 1.82) is 0 Å². The number of hydrogen-bond donors (Lipinski definition) is 0. The van der Waals surface area contributed by atoms with Crippen molar-refractivity contribution in [1.82, 2.24) is 0 Å². The van der Waals surface area contributed by atoms with Gasteiger partial charge in [-0.15, -0.1) is 0 Å². The summed E-state index contributed by atoms with van der Waals surface area (Å²) in [6.45, 7) is 0. The Bertz CT molecular complexity index is 260. The second-order valence-corrected chi connectivity index (χ2v) is 3.80. The van der Waals surface area contributed by atoms with Gasteiger partial charge in [0, 0.05) is 0 Å². The molecule has 1 aliphatic rings. The van der Waals surface area contributed by atoms with Crippen molar-refractivity contribution < 1.29 is 16.5 Å². The van der Waals surface area contributed by atoms with Gasteiger partial charge in [-0.1, -0.05) is 10.3 Å². The van der Waals surface area contributed by atoms with Gasteiger partial charge in [0.25, 0.3) is 0 Å². The number of hydrogen-bond acceptors (Lipinski definition) is 3. The molecule has 3 nitrogen and oxygen atoms in total. The van der Waals surface area contributed by atoms with Crippen molar-refractivity contribution in [3.05, 3.63) is 11.8 Å². The Morgan fingerprint density at radius 2 is 1.83 bits per heavy atom. The molecule has 1 aliphatic carbocycles. The van der Waals surface area contributed by atoms with Crippen LogP contribution in [0.3, 0.4) is 0 Å². The molecular weight excluding hydrogens is 183 g/mol. The molecule has 0 aromatic carbocycles. The molecule has 0 bridgehead atoms. The third-order valence-electron chi connectivity index (χ3n) is 1.83. The summed E-state index contributed by atoms with van der Waals surface area (Å²) in [6, 6.07) is 0. The van der Waals surface area contributed by atoms with E-state index in [2.05, 4.69) is 4.18 Å². The van der Waals surface area contributed by atoms with Crippen LogP contribution in [0.4, 0.5) is 3.89 Å². The SMILES string of the molecule is O=S(=O)(F)OC=C1CCCCC1. The summed E-state index contributed by atoms with van der Waals surface area (Å²) in [7, 11) is -4.80. The van der Waals surface area contributed by atoms with Crippen molar-refractivity contribution in [2.45, 2.75) is 32.1 Å². The van der Waals surface area contributed by atoms with Crippen molar-refractivity contribution in [2.75, 3.05) is 0 Å². The van der Waals surface area contributed by atoms with Crippen LogP contribution in [0.1, 0.15) is 32.1 Å². The van der Waals surface area contributed by atoms with Crippen LogP contribution >= 0.6 is 0 Å². The molecule has 1 saturated carbocycles. The van der Waals surface area contributed by atoms with Crippen LogP contribution in [0.5, 0.6) is 0 Å². The molecule has 12 heavy (non-hydrogen) atoms. The van der Waals surface area contributed by atoms with Gasteiger partial charge < -0.3 is 4.18 Å². The van der Waals surface area contributed by atoms with Crippen molar-refractivity contribution in [2.24, 2.45) is 0 Å². The molecule has 0 aliphatic heterocycles. The highest BCUT2D eigenvalue weighted by Gasteiger charge is 2.09. The van der Waals surface area contributed by atoms with Crippen LogP contribution in [0, 0.1) is 0 Å². The minimum absolute atomic E-state index is 0.815. The highest BCUT2D eigenvalue weighted by Crippen LogP contribution is 2.22. The Morgan fingerprint density at radius 1 is 1.25 bits per heavy atom. The fourth-order valence-corrected chi connectivity index (χ4v) is 1.50. The van der Waals surface area contributed by atoms with Crippen LogP contribution in [-0.2, 0) is 14.7 Å². The predicted molar refractivity (Wildman–Crippen MR) is 42.3 cm³/mol. The largest absolute Gasteiger partial charge is 0.488 e. The highest BCUT2D eigenvalue weighted by atomic mass is 32.3. The molecule has 1 rings (SSSR count). The molecule has 0 amide bonds. The molecule has 5 heteroatoms. The molecule has 0 N–H and O–H groups in total. The lowest BCUT2D eigenvalue weighted by Crippen LogP contribution is -1.97. The molecule has 1 fully saturated rings. The van der Waals surface area contributed by atoms with E-state index in [4.69, 9.17) is 0 Å². The van der Waals surface area contributed by atoms with Crippen LogP contribution < -0.4 is 0 Å². The fourth-order valence-electron chi connectivity index (χ4n) is 1.25. The highest BCUT2D eigenvalue weighted by molar-refractivity contribution is 7.81. The molecule has 0 spiro atoms. The molecule has 0 atom stereocenters. The molecule has 0 saturated heterocycles. The smallest absolute Gasteiger partial charge is 0.366 e. The van der Waals surface area contributed by atoms with Crippen LogP contribution in [0.2, 0.25) is 0 Å². The Morgan fingerprint density at radius 3 is 2.33 bits per heavy atom. The van der Waals surface area contributed by atoms with E-state index in [1.807, 2.05) is 0 Å². The zero-order chi connectivity index (χ0) is 9.03. The molecule has 0 aromatic heterocycles. The van der Waals surface area contributed by atoms with E-state index in [0.717, 1.165) is 43.9 Å². The second kappa shape index (κ2) is 3.89. The number of allylic oxidation sites excluding steroid dienone is 1. The summed E-state index contributed by atoms with van der Waals surface area (Å²) in [5.74, 6) is 0. The number of halogens is 1. The molecule has 0 radical (unpaired) electrons. The minimum atomic E-state index is -4.80. The normalized spacial score (nSPS) is 18.9. The van der Waals surface area contributed by atoms with Crippen molar-refractivity contribution in [3.8, 4) is 0 Å². The Labute approximate surface area is 71.6 Å². The number of rotatable bonds is 2. The van der Waals surface area contributed by atoms with Gasteiger partial charge in [0.1, 0.15) is 6.26 Å². The summed E-state index contributed by atoms with van der Waals surface area (Å²) in [6.07, 6.45) is 5.86. The van der Waals surface area contributed by atoms with Gasteiger partial charge in [-0.05, 0) is 31.3 Å². The van der Waals surface area contributed by atoms with Crippen LogP contribution in [0.15, 0.2) is 11.8 Å². The minimum Gasteiger partial charge on any atom is -0.366 e. The first-order chi connectivity index (χ1) is 5.58. The van der Waals surface area contributed by atoms with E-state index in [9.17, 15) is 12.3 Å². The van der Waals surface area contributed by atoms with Crippen LogP contribution in [-0.4, -0.2) is 8.42 Å². The quantitative estimate of drug-likeness (QED) is 0.499. The Hall–Kier alpha value is -0.580. The van der Waals surface area contributed by atoms with Gasteiger partial charge in [0.2, 0.25) is 0 Å². The lowest BCUT2D eigenvalue weighted by molar-refractivity contribution is 0.394. The van der Waals surface area contributed by atoms with E-state index < -0.39 is 10.5 Å².